The topological polar surface area (TPSA) is 85.0 Å². The second kappa shape index (κ2) is 6.01. The lowest BCUT2D eigenvalue weighted by Gasteiger charge is -2.09. The molecule has 0 saturated carbocycles. The van der Waals surface area contributed by atoms with E-state index in [1.54, 1.807) is 24.7 Å². The van der Waals surface area contributed by atoms with E-state index in [4.69, 9.17) is 5.84 Å². The van der Waals surface area contributed by atoms with Crippen molar-refractivity contribution in [2.24, 2.45) is 5.84 Å². The van der Waals surface area contributed by atoms with Gasteiger partial charge in [-0.15, -0.1) is 0 Å². The van der Waals surface area contributed by atoms with Gasteiger partial charge in [0, 0.05) is 36.7 Å². The fraction of sp³-hybridized carbons (Fsp3) is 0.231. The summed E-state index contributed by atoms with van der Waals surface area (Å²) in [5.74, 6) is 5.24. The molecule has 0 aliphatic rings. The van der Waals surface area contributed by atoms with E-state index in [0.717, 1.165) is 11.3 Å². The molecule has 1 heterocycles. The van der Waals surface area contributed by atoms with Gasteiger partial charge in [0.2, 0.25) is 0 Å². The Morgan fingerprint density at radius 1 is 1.47 bits per heavy atom. The number of hydrogen-bond donors (Lipinski definition) is 3. The van der Waals surface area contributed by atoms with Crippen LogP contribution >= 0.6 is 0 Å². The molecule has 1 aromatic heterocycles. The number of nitrogens with zero attached hydrogens (tertiary/aromatic N) is 2. The molecule has 0 spiro atoms. The van der Waals surface area contributed by atoms with E-state index in [1.807, 2.05) is 23.8 Å². The van der Waals surface area contributed by atoms with Crippen LogP contribution in [0.5, 0.6) is 0 Å². The summed E-state index contributed by atoms with van der Waals surface area (Å²) < 4.78 is 1.91. The quantitative estimate of drug-likeness (QED) is 0.550. The first-order valence-corrected chi connectivity index (χ1v) is 6.02. The minimum Gasteiger partial charge on any atom is -0.350 e. The number of hydrogen-bond acceptors (Lipinski definition) is 4. The highest BCUT2D eigenvalue weighted by molar-refractivity contribution is 5.96. The van der Waals surface area contributed by atoms with Crippen molar-refractivity contribution in [3.05, 3.63) is 48.0 Å². The number of nitrogen functional groups attached to an aromatic ring is 1. The van der Waals surface area contributed by atoms with Crippen molar-refractivity contribution in [1.82, 2.24) is 14.9 Å². The molecule has 4 N–H and O–H groups in total. The number of amides is 1. The molecule has 0 aliphatic carbocycles. The van der Waals surface area contributed by atoms with Crippen LogP contribution in [0.3, 0.4) is 0 Å². The lowest BCUT2D eigenvalue weighted by Crippen LogP contribution is -2.27. The number of imidazole rings is 1. The maximum atomic E-state index is 12.0. The van der Waals surface area contributed by atoms with Crippen LogP contribution in [0.25, 0.3) is 0 Å². The lowest BCUT2D eigenvalue weighted by molar-refractivity contribution is 0.0951. The summed E-state index contributed by atoms with van der Waals surface area (Å²) in [6.45, 7) is 3.14. The van der Waals surface area contributed by atoms with Crippen molar-refractivity contribution in [1.29, 1.82) is 0 Å². The fourth-order valence-electron chi connectivity index (χ4n) is 1.82. The number of aryl methyl sites for hydroxylation is 1. The van der Waals surface area contributed by atoms with Crippen LogP contribution in [0.4, 0.5) is 5.69 Å². The molecule has 19 heavy (non-hydrogen) atoms. The average molecular weight is 259 g/mol. The zero-order valence-electron chi connectivity index (χ0n) is 10.8. The summed E-state index contributed by atoms with van der Waals surface area (Å²) in [6, 6.07) is 5.37. The SMILES string of the molecule is Cc1cc(NN)ccc1C(=O)NCCn1ccnc1. The standard InChI is InChI=1S/C13H17N5O/c1-10-8-11(17-14)2-3-12(10)13(19)16-5-7-18-6-4-15-9-18/h2-4,6,8-9,17H,5,7,14H2,1H3,(H,16,19). The Bertz CT molecular complexity index is 550. The molecular weight excluding hydrogens is 242 g/mol. The first-order chi connectivity index (χ1) is 9.20. The van der Waals surface area contributed by atoms with Gasteiger partial charge < -0.3 is 15.3 Å². The van der Waals surface area contributed by atoms with E-state index >= 15 is 0 Å². The number of carbonyl (C=O) groups is 1. The van der Waals surface area contributed by atoms with Crippen LogP contribution in [0.1, 0.15) is 15.9 Å². The summed E-state index contributed by atoms with van der Waals surface area (Å²) in [4.78, 5) is 15.9. The van der Waals surface area contributed by atoms with Gasteiger partial charge in [-0.25, -0.2) is 4.98 Å². The third-order valence-corrected chi connectivity index (χ3v) is 2.85. The van der Waals surface area contributed by atoms with E-state index in [2.05, 4.69) is 15.7 Å². The average Bonchev–Trinajstić information content (AvgIpc) is 2.91. The molecule has 0 fully saturated rings. The zero-order valence-corrected chi connectivity index (χ0v) is 10.8. The van der Waals surface area contributed by atoms with Crippen LogP contribution in [0.2, 0.25) is 0 Å². The molecule has 0 atom stereocenters. The van der Waals surface area contributed by atoms with Gasteiger partial charge in [0.1, 0.15) is 0 Å². The number of hydrazine groups is 1. The Morgan fingerprint density at radius 2 is 2.32 bits per heavy atom. The Morgan fingerprint density at radius 3 is 2.95 bits per heavy atom. The minimum absolute atomic E-state index is 0.0822. The third-order valence-electron chi connectivity index (χ3n) is 2.85. The highest BCUT2D eigenvalue weighted by atomic mass is 16.1. The second-order valence-electron chi connectivity index (χ2n) is 4.23. The number of nitrogens with two attached hydrogens (primary N) is 1. The first kappa shape index (κ1) is 13.1. The van der Waals surface area contributed by atoms with E-state index in [1.165, 1.54) is 0 Å². The molecule has 1 amide bonds. The monoisotopic (exact) mass is 259 g/mol. The predicted molar refractivity (Wildman–Crippen MR) is 73.5 cm³/mol. The number of rotatable bonds is 5. The normalized spacial score (nSPS) is 10.2. The molecule has 100 valence electrons. The molecule has 0 saturated heterocycles. The molecule has 0 unspecified atom stereocenters. The number of benzene rings is 1. The van der Waals surface area contributed by atoms with E-state index in [0.29, 0.717) is 18.7 Å². The van der Waals surface area contributed by atoms with Crippen molar-refractivity contribution in [2.75, 3.05) is 12.0 Å². The smallest absolute Gasteiger partial charge is 0.251 e. The van der Waals surface area contributed by atoms with Crippen molar-refractivity contribution < 1.29 is 4.79 Å². The summed E-state index contributed by atoms with van der Waals surface area (Å²) in [5, 5.41) is 2.88. The highest BCUT2D eigenvalue weighted by Crippen LogP contribution is 2.13. The number of nitrogens with one attached hydrogen (secondary N) is 2. The van der Waals surface area contributed by atoms with Gasteiger partial charge >= 0.3 is 0 Å². The fourth-order valence-corrected chi connectivity index (χ4v) is 1.82. The summed E-state index contributed by atoms with van der Waals surface area (Å²) >= 11 is 0. The van der Waals surface area contributed by atoms with Crippen molar-refractivity contribution in [3.8, 4) is 0 Å². The maximum Gasteiger partial charge on any atom is 0.251 e. The van der Waals surface area contributed by atoms with E-state index in [-0.39, 0.29) is 5.91 Å². The van der Waals surface area contributed by atoms with Gasteiger partial charge in [-0.1, -0.05) is 0 Å². The van der Waals surface area contributed by atoms with Gasteiger partial charge in [0.25, 0.3) is 5.91 Å². The minimum atomic E-state index is -0.0822. The van der Waals surface area contributed by atoms with Gasteiger partial charge in [0.15, 0.2) is 0 Å². The third kappa shape index (κ3) is 3.32. The lowest BCUT2D eigenvalue weighted by atomic mass is 10.1. The van der Waals surface area contributed by atoms with Crippen molar-refractivity contribution in [3.63, 3.8) is 0 Å². The number of carbonyl (C=O) groups excluding carboxylic acids is 1. The first-order valence-electron chi connectivity index (χ1n) is 6.02. The van der Waals surface area contributed by atoms with Crippen LogP contribution in [-0.4, -0.2) is 22.0 Å². The van der Waals surface area contributed by atoms with Crippen LogP contribution in [0, 0.1) is 6.92 Å². The molecule has 0 aliphatic heterocycles. The largest absolute Gasteiger partial charge is 0.350 e. The van der Waals surface area contributed by atoms with Crippen LogP contribution in [0.15, 0.2) is 36.9 Å². The molecule has 1 aromatic carbocycles. The van der Waals surface area contributed by atoms with Gasteiger partial charge in [0.05, 0.1) is 6.33 Å². The molecular formula is C13H17N5O. The van der Waals surface area contributed by atoms with Gasteiger partial charge in [-0.05, 0) is 30.7 Å². The maximum absolute atomic E-state index is 12.0. The molecule has 2 aromatic rings. The zero-order chi connectivity index (χ0) is 13.7. The van der Waals surface area contributed by atoms with E-state index < -0.39 is 0 Å². The van der Waals surface area contributed by atoms with E-state index in [9.17, 15) is 4.79 Å². The summed E-state index contributed by atoms with van der Waals surface area (Å²) in [7, 11) is 0. The van der Waals surface area contributed by atoms with Gasteiger partial charge in [-0.3, -0.25) is 10.6 Å². The predicted octanol–water partition coefficient (Wildman–Crippen LogP) is 0.907. The number of anilines is 1. The Hall–Kier alpha value is -2.34. The highest BCUT2D eigenvalue weighted by Gasteiger charge is 2.08. The summed E-state index contributed by atoms with van der Waals surface area (Å²) in [5.41, 5.74) is 4.88. The van der Waals surface area contributed by atoms with Crippen molar-refractivity contribution >= 4 is 11.6 Å². The van der Waals surface area contributed by atoms with Gasteiger partial charge in [-0.2, -0.15) is 0 Å². The van der Waals surface area contributed by atoms with Crippen LogP contribution < -0.4 is 16.6 Å². The molecule has 6 heteroatoms. The molecule has 0 bridgehead atoms. The Labute approximate surface area is 111 Å². The van der Waals surface area contributed by atoms with Crippen LogP contribution in [-0.2, 0) is 6.54 Å². The molecule has 0 radical (unpaired) electrons. The number of aromatic nitrogens is 2. The second-order valence-corrected chi connectivity index (χ2v) is 4.23. The Balaban J connectivity index is 1.92. The molecule has 6 nitrogen and oxygen atoms in total. The Kier molecular flexibility index (Phi) is 4.15. The summed E-state index contributed by atoms with van der Waals surface area (Å²) in [6.07, 6.45) is 5.29. The molecule has 2 rings (SSSR count). The van der Waals surface area contributed by atoms with Crippen molar-refractivity contribution in [2.45, 2.75) is 13.5 Å².